The Morgan fingerprint density at radius 1 is 1.35 bits per heavy atom. The third-order valence-corrected chi connectivity index (χ3v) is 3.86. The SMILES string of the molecule is CCOc1cc(CN(CCC(=O)NC(N)=O)C2CC2)ccc1OC(F)F. The fourth-order valence-electron chi connectivity index (χ4n) is 2.62. The van der Waals surface area contributed by atoms with Gasteiger partial charge in [-0.3, -0.25) is 15.0 Å². The van der Waals surface area contributed by atoms with Crippen LogP contribution < -0.4 is 20.5 Å². The number of nitrogens with zero attached hydrogens (tertiary/aromatic N) is 1. The van der Waals surface area contributed by atoms with Gasteiger partial charge < -0.3 is 15.2 Å². The summed E-state index contributed by atoms with van der Waals surface area (Å²) < 4.78 is 34.8. The summed E-state index contributed by atoms with van der Waals surface area (Å²) in [6.07, 6.45) is 2.20. The number of imide groups is 1. The molecule has 7 nitrogen and oxygen atoms in total. The zero-order valence-electron chi connectivity index (χ0n) is 14.5. The Morgan fingerprint density at radius 3 is 2.65 bits per heavy atom. The van der Waals surface area contributed by atoms with Crippen LogP contribution in [-0.4, -0.2) is 42.6 Å². The molecule has 144 valence electrons. The molecule has 9 heteroatoms. The van der Waals surface area contributed by atoms with Crippen LogP contribution in [0.5, 0.6) is 11.5 Å². The van der Waals surface area contributed by atoms with Crippen LogP contribution in [-0.2, 0) is 11.3 Å². The fourth-order valence-corrected chi connectivity index (χ4v) is 2.62. The van der Waals surface area contributed by atoms with Crippen molar-refractivity contribution in [3.05, 3.63) is 23.8 Å². The van der Waals surface area contributed by atoms with Crippen molar-refractivity contribution in [1.29, 1.82) is 0 Å². The number of primary amides is 1. The van der Waals surface area contributed by atoms with E-state index in [1.54, 1.807) is 19.1 Å². The van der Waals surface area contributed by atoms with Crippen LogP contribution in [0.15, 0.2) is 18.2 Å². The Morgan fingerprint density at radius 2 is 2.08 bits per heavy atom. The van der Waals surface area contributed by atoms with E-state index in [9.17, 15) is 18.4 Å². The Kier molecular flexibility index (Phi) is 7.14. The van der Waals surface area contributed by atoms with Gasteiger partial charge in [0.25, 0.3) is 0 Å². The molecule has 0 heterocycles. The topological polar surface area (TPSA) is 93.9 Å². The number of hydrogen-bond acceptors (Lipinski definition) is 5. The van der Waals surface area contributed by atoms with Gasteiger partial charge in [-0.1, -0.05) is 6.07 Å². The van der Waals surface area contributed by atoms with Crippen LogP contribution in [0.2, 0.25) is 0 Å². The Labute approximate surface area is 150 Å². The van der Waals surface area contributed by atoms with Gasteiger partial charge in [-0.2, -0.15) is 8.78 Å². The number of alkyl halides is 2. The van der Waals surface area contributed by atoms with E-state index < -0.39 is 18.5 Å². The first kappa shape index (κ1) is 19.9. The number of hydrogen-bond donors (Lipinski definition) is 2. The van der Waals surface area contributed by atoms with E-state index in [1.165, 1.54) is 6.07 Å². The highest BCUT2D eigenvalue weighted by molar-refractivity contribution is 5.93. The minimum Gasteiger partial charge on any atom is -0.490 e. The number of amides is 3. The van der Waals surface area contributed by atoms with Gasteiger partial charge >= 0.3 is 12.6 Å². The van der Waals surface area contributed by atoms with Crippen LogP contribution in [0.4, 0.5) is 13.6 Å². The zero-order valence-corrected chi connectivity index (χ0v) is 14.5. The summed E-state index contributed by atoms with van der Waals surface area (Å²) in [6, 6.07) is 4.31. The summed E-state index contributed by atoms with van der Waals surface area (Å²) in [5.74, 6) is -0.184. The van der Waals surface area contributed by atoms with Crippen molar-refractivity contribution in [2.24, 2.45) is 5.73 Å². The van der Waals surface area contributed by atoms with Crippen molar-refractivity contribution < 1.29 is 27.8 Å². The van der Waals surface area contributed by atoms with E-state index in [-0.39, 0.29) is 17.9 Å². The highest BCUT2D eigenvalue weighted by Gasteiger charge is 2.29. The molecular formula is C17H23F2N3O4. The maximum Gasteiger partial charge on any atom is 0.387 e. The molecule has 1 saturated carbocycles. The first-order chi connectivity index (χ1) is 12.4. The molecule has 2 rings (SSSR count). The van der Waals surface area contributed by atoms with Gasteiger partial charge in [0, 0.05) is 25.6 Å². The van der Waals surface area contributed by atoms with Crippen molar-refractivity contribution >= 4 is 11.9 Å². The Balaban J connectivity index is 2.02. The van der Waals surface area contributed by atoms with Gasteiger partial charge in [-0.25, -0.2) is 4.79 Å². The van der Waals surface area contributed by atoms with Crippen molar-refractivity contribution in [2.75, 3.05) is 13.2 Å². The normalized spacial score (nSPS) is 13.7. The minimum absolute atomic E-state index is 0.00981. The molecule has 0 saturated heterocycles. The number of rotatable bonds is 10. The predicted molar refractivity (Wildman–Crippen MR) is 90.0 cm³/mol. The number of nitrogens with one attached hydrogen (secondary N) is 1. The van der Waals surface area contributed by atoms with Crippen LogP contribution in [0.3, 0.4) is 0 Å². The molecule has 0 bridgehead atoms. The Bertz CT molecular complexity index is 638. The monoisotopic (exact) mass is 371 g/mol. The molecule has 1 aliphatic carbocycles. The van der Waals surface area contributed by atoms with E-state index in [4.69, 9.17) is 10.5 Å². The van der Waals surface area contributed by atoms with Crippen molar-refractivity contribution in [3.63, 3.8) is 0 Å². The molecule has 1 aromatic carbocycles. The lowest BCUT2D eigenvalue weighted by Gasteiger charge is -2.22. The van der Waals surface area contributed by atoms with Gasteiger partial charge in [0.15, 0.2) is 11.5 Å². The van der Waals surface area contributed by atoms with Crippen molar-refractivity contribution in [2.45, 2.75) is 45.4 Å². The molecule has 1 aliphatic rings. The van der Waals surface area contributed by atoms with Crippen LogP contribution in [0, 0.1) is 0 Å². The number of carbonyl (C=O) groups is 2. The molecule has 26 heavy (non-hydrogen) atoms. The largest absolute Gasteiger partial charge is 0.490 e. The molecular weight excluding hydrogens is 348 g/mol. The molecule has 0 atom stereocenters. The maximum absolute atomic E-state index is 12.5. The van der Waals surface area contributed by atoms with Gasteiger partial charge in [0.1, 0.15) is 0 Å². The summed E-state index contributed by atoms with van der Waals surface area (Å²) in [6.45, 7) is 0.147. The third kappa shape index (κ3) is 6.47. The lowest BCUT2D eigenvalue weighted by atomic mass is 10.1. The van der Waals surface area contributed by atoms with E-state index in [1.807, 2.05) is 5.32 Å². The lowest BCUT2D eigenvalue weighted by Crippen LogP contribution is -2.37. The molecule has 3 amide bonds. The van der Waals surface area contributed by atoms with Crippen LogP contribution in [0.1, 0.15) is 31.7 Å². The zero-order chi connectivity index (χ0) is 19.1. The summed E-state index contributed by atoms with van der Waals surface area (Å²) in [4.78, 5) is 24.4. The molecule has 0 radical (unpaired) electrons. The smallest absolute Gasteiger partial charge is 0.387 e. The molecule has 0 unspecified atom stereocenters. The van der Waals surface area contributed by atoms with E-state index in [0.29, 0.717) is 25.7 Å². The summed E-state index contributed by atoms with van der Waals surface area (Å²) in [5.41, 5.74) is 5.78. The van der Waals surface area contributed by atoms with Gasteiger partial charge in [0.2, 0.25) is 5.91 Å². The first-order valence-corrected chi connectivity index (χ1v) is 8.43. The standard InChI is InChI=1S/C17H23F2N3O4/c1-2-25-14-9-11(3-6-13(14)26-16(18)19)10-22(12-4-5-12)8-7-15(23)21-17(20)24/h3,6,9,12,16H,2,4-5,7-8,10H2,1H3,(H3,20,21,23,24). The van der Waals surface area contributed by atoms with Crippen molar-refractivity contribution in [1.82, 2.24) is 10.2 Å². The third-order valence-electron chi connectivity index (χ3n) is 3.86. The van der Waals surface area contributed by atoms with Crippen LogP contribution in [0.25, 0.3) is 0 Å². The number of nitrogens with two attached hydrogens (primary N) is 1. The van der Waals surface area contributed by atoms with Gasteiger partial charge in [-0.05, 0) is 37.5 Å². The summed E-state index contributed by atoms with van der Waals surface area (Å²) in [5, 5.41) is 2.04. The Hall–Kier alpha value is -2.42. The van der Waals surface area contributed by atoms with Gasteiger partial charge in [-0.15, -0.1) is 0 Å². The van der Waals surface area contributed by atoms with Crippen LogP contribution >= 0.6 is 0 Å². The number of carbonyl (C=O) groups excluding carboxylic acids is 2. The first-order valence-electron chi connectivity index (χ1n) is 8.43. The summed E-state index contributed by atoms with van der Waals surface area (Å²) in [7, 11) is 0. The molecule has 0 aromatic heterocycles. The average Bonchev–Trinajstić information content (AvgIpc) is 3.37. The minimum atomic E-state index is -2.92. The highest BCUT2D eigenvalue weighted by atomic mass is 19.3. The molecule has 0 aliphatic heterocycles. The molecule has 3 N–H and O–H groups in total. The average molecular weight is 371 g/mol. The second kappa shape index (κ2) is 9.33. The van der Waals surface area contributed by atoms with E-state index in [2.05, 4.69) is 9.64 Å². The number of ether oxygens (including phenoxy) is 2. The molecule has 0 spiro atoms. The van der Waals surface area contributed by atoms with E-state index >= 15 is 0 Å². The van der Waals surface area contributed by atoms with Crippen molar-refractivity contribution in [3.8, 4) is 11.5 Å². The maximum atomic E-state index is 12.5. The second-order valence-electron chi connectivity index (χ2n) is 5.96. The number of urea groups is 1. The fraction of sp³-hybridized carbons (Fsp3) is 0.529. The molecule has 1 aromatic rings. The molecule has 1 fully saturated rings. The van der Waals surface area contributed by atoms with Gasteiger partial charge in [0.05, 0.1) is 6.61 Å². The highest BCUT2D eigenvalue weighted by Crippen LogP contribution is 2.32. The predicted octanol–water partition coefficient (Wildman–Crippen LogP) is 2.24. The summed E-state index contributed by atoms with van der Waals surface area (Å²) >= 11 is 0. The van der Waals surface area contributed by atoms with E-state index in [0.717, 1.165) is 18.4 Å². The number of halogens is 2. The lowest BCUT2D eigenvalue weighted by molar-refractivity contribution is -0.120. The second-order valence-corrected chi connectivity index (χ2v) is 5.96. The number of benzene rings is 1. The quantitative estimate of drug-likeness (QED) is 0.658.